The first kappa shape index (κ1) is 19.8. The lowest BCUT2D eigenvalue weighted by Crippen LogP contribution is -2.42. The van der Waals surface area contributed by atoms with Crippen molar-refractivity contribution in [1.29, 1.82) is 0 Å². The van der Waals surface area contributed by atoms with Crippen LogP contribution < -0.4 is 10.7 Å². The smallest absolute Gasteiger partial charge is 0.304 e. The van der Waals surface area contributed by atoms with Crippen molar-refractivity contribution < 1.29 is 18.7 Å². The summed E-state index contributed by atoms with van der Waals surface area (Å²) in [4.78, 5) is 25.5. The fraction of sp³-hybridized carbons (Fsp3) is 0.0870. The number of carbonyl (C=O) groups excluding carboxylic acids is 2. The van der Waals surface area contributed by atoms with Gasteiger partial charge in [-0.3, -0.25) is 9.59 Å². The fourth-order valence-electron chi connectivity index (χ4n) is 3.37. The lowest BCUT2D eigenvalue weighted by atomic mass is 10.00. The lowest BCUT2D eigenvalue weighted by molar-refractivity contribution is -0.596. The van der Waals surface area contributed by atoms with Crippen LogP contribution in [0, 0.1) is 5.82 Å². The van der Waals surface area contributed by atoms with E-state index in [-0.39, 0.29) is 11.5 Å². The molecule has 0 saturated carbocycles. The number of halogens is 2. The third-order valence-electron chi connectivity index (χ3n) is 4.83. The molecular formula is C23H18ClFN3O2+. The van der Waals surface area contributed by atoms with Gasteiger partial charge in [-0.15, -0.1) is 10.1 Å². The van der Waals surface area contributed by atoms with Crippen LogP contribution in [0.1, 0.15) is 27.5 Å². The molecule has 0 aromatic heterocycles. The van der Waals surface area contributed by atoms with Gasteiger partial charge in [-0.2, -0.15) is 0 Å². The Morgan fingerprint density at radius 2 is 1.67 bits per heavy atom. The number of hydrazone groups is 1. The molecule has 7 heteroatoms. The summed E-state index contributed by atoms with van der Waals surface area (Å²) in [6, 6.07) is 20.4. The molecule has 5 nitrogen and oxygen atoms in total. The van der Waals surface area contributed by atoms with Crippen LogP contribution in [-0.2, 0) is 4.79 Å². The van der Waals surface area contributed by atoms with E-state index in [0.717, 1.165) is 11.1 Å². The van der Waals surface area contributed by atoms with Crippen molar-refractivity contribution in [3.63, 3.8) is 0 Å². The molecule has 0 unspecified atom stereocenters. The van der Waals surface area contributed by atoms with Crippen LogP contribution >= 0.6 is 11.6 Å². The van der Waals surface area contributed by atoms with E-state index in [9.17, 15) is 14.0 Å². The second-order valence-electron chi connectivity index (χ2n) is 6.88. The highest BCUT2D eigenvalue weighted by atomic mass is 35.5. The zero-order valence-electron chi connectivity index (χ0n) is 15.8. The summed E-state index contributed by atoms with van der Waals surface area (Å²) < 4.78 is 14.9. The summed E-state index contributed by atoms with van der Waals surface area (Å²) in [6.07, 6.45) is 1.81. The topological polar surface area (TPSA) is 61.2 Å². The number of nitrogens with one attached hydrogen (secondary N) is 2. The van der Waals surface area contributed by atoms with Gasteiger partial charge in [-0.05, 0) is 48.5 Å². The molecule has 1 saturated heterocycles. The minimum absolute atomic E-state index is 0.268. The highest BCUT2D eigenvalue weighted by molar-refractivity contribution is 6.30. The number of hydrogen-bond acceptors (Lipinski definition) is 2. The van der Waals surface area contributed by atoms with Crippen molar-refractivity contribution in [1.82, 2.24) is 10.7 Å². The molecular weight excluding hydrogens is 405 g/mol. The predicted molar refractivity (Wildman–Crippen MR) is 112 cm³/mol. The average molecular weight is 423 g/mol. The van der Waals surface area contributed by atoms with Gasteiger partial charge in [0.2, 0.25) is 12.3 Å². The van der Waals surface area contributed by atoms with E-state index >= 15 is 0 Å². The predicted octanol–water partition coefficient (Wildman–Crippen LogP) is 3.50. The Balaban J connectivity index is 1.69. The van der Waals surface area contributed by atoms with Crippen molar-refractivity contribution in [2.45, 2.75) is 12.1 Å². The van der Waals surface area contributed by atoms with Crippen LogP contribution in [0.25, 0.3) is 0 Å². The van der Waals surface area contributed by atoms with Crippen molar-refractivity contribution in [2.24, 2.45) is 0 Å². The van der Waals surface area contributed by atoms with Crippen LogP contribution in [0.3, 0.4) is 0 Å². The van der Waals surface area contributed by atoms with Crippen LogP contribution in [-0.4, -0.2) is 28.8 Å². The first-order valence-electron chi connectivity index (χ1n) is 9.32. The summed E-state index contributed by atoms with van der Waals surface area (Å²) in [5.41, 5.74) is 4.77. The van der Waals surface area contributed by atoms with Gasteiger partial charge in [0.1, 0.15) is 5.82 Å². The lowest BCUT2D eigenvalue weighted by Gasteiger charge is -2.15. The highest BCUT2D eigenvalue weighted by Gasteiger charge is 2.47. The Kier molecular flexibility index (Phi) is 5.59. The first-order chi connectivity index (χ1) is 14.5. The average Bonchev–Trinajstić information content (AvgIpc) is 3.04. The number of hydrogen-bond donors (Lipinski definition) is 2. The number of amides is 2. The van der Waals surface area contributed by atoms with Crippen LogP contribution in [0.2, 0.25) is 5.02 Å². The monoisotopic (exact) mass is 422 g/mol. The van der Waals surface area contributed by atoms with E-state index in [1.807, 2.05) is 42.5 Å². The summed E-state index contributed by atoms with van der Waals surface area (Å²) in [7, 11) is 0. The molecule has 1 fully saturated rings. The summed E-state index contributed by atoms with van der Waals surface area (Å²) in [6.45, 7) is 0. The van der Waals surface area contributed by atoms with E-state index < -0.39 is 23.8 Å². The Morgan fingerprint density at radius 1 is 1.00 bits per heavy atom. The minimum Gasteiger partial charge on any atom is -0.334 e. The number of benzene rings is 3. The molecule has 3 aromatic rings. The quantitative estimate of drug-likeness (QED) is 0.632. The standard InChI is InChI=1S/C23H17ClFN3O2/c24-18-10-6-16(7-11-18)21-20(26-22(29)17-8-12-19(25)13-9-17)23(30)27-28(21)14-15-4-2-1-3-5-15/h1-14,20-21H,(H-,26,27,29,30)/p+1/b28-14-/t20-,21+/m1/s1. The molecule has 150 valence electrons. The van der Waals surface area contributed by atoms with Crippen LogP contribution in [0.4, 0.5) is 4.39 Å². The molecule has 2 atom stereocenters. The number of rotatable bonds is 4. The number of nitrogens with zero attached hydrogens (tertiary/aromatic N) is 1. The first-order valence-corrected chi connectivity index (χ1v) is 9.70. The van der Waals surface area contributed by atoms with E-state index in [0.29, 0.717) is 5.02 Å². The van der Waals surface area contributed by atoms with E-state index in [1.165, 1.54) is 24.3 Å². The van der Waals surface area contributed by atoms with Gasteiger partial charge in [-0.1, -0.05) is 41.9 Å². The van der Waals surface area contributed by atoms with Gasteiger partial charge >= 0.3 is 5.91 Å². The van der Waals surface area contributed by atoms with Gasteiger partial charge in [0, 0.05) is 21.7 Å². The highest BCUT2D eigenvalue weighted by Crippen LogP contribution is 2.26. The van der Waals surface area contributed by atoms with Gasteiger partial charge in [0.15, 0.2) is 6.04 Å². The molecule has 30 heavy (non-hydrogen) atoms. The maximum Gasteiger partial charge on any atom is 0.304 e. The number of carbonyl (C=O) groups is 2. The SMILES string of the molecule is O=C(N[C@H]1C(=O)N/[N+](=C\c2ccccc2)[C@H]1c1ccc(Cl)cc1)c1ccc(F)cc1. The molecule has 0 bridgehead atoms. The Labute approximate surface area is 177 Å². The normalized spacial score (nSPS) is 19.5. The second kappa shape index (κ2) is 8.47. The molecule has 2 N–H and O–H groups in total. The molecule has 4 rings (SSSR count). The number of hydrazine groups is 1. The molecule has 1 aliphatic heterocycles. The van der Waals surface area contributed by atoms with Crippen LogP contribution in [0.5, 0.6) is 0 Å². The molecule has 1 aliphatic rings. The van der Waals surface area contributed by atoms with Crippen molar-refractivity contribution >= 4 is 29.6 Å². The third kappa shape index (κ3) is 4.23. The van der Waals surface area contributed by atoms with E-state index in [2.05, 4.69) is 10.7 Å². The van der Waals surface area contributed by atoms with Crippen molar-refractivity contribution in [3.05, 3.63) is 106 Å². The summed E-state index contributed by atoms with van der Waals surface area (Å²) >= 11 is 6.02. The van der Waals surface area contributed by atoms with E-state index in [1.54, 1.807) is 23.0 Å². The molecule has 3 aromatic carbocycles. The Morgan fingerprint density at radius 3 is 2.33 bits per heavy atom. The molecule has 0 radical (unpaired) electrons. The Hall–Kier alpha value is -3.51. The fourth-order valence-corrected chi connectivity index (χ4v) is 3.49. The van der Waals surface area contributed by atoms with Gasteiger partial charge in [0.05, 0.1) is 0 Å². The van der Waals surface area contributed by atoms with Gasteiger partial charge < -0.3 is 5.32 Å². The largest absolute Gasteiger partial charge is 0.334 e. The maximum absolute atomic E-state index is 13.2. The second-order valence-corrected chi connectivity index (χ2v) is 7.31. The zero-order valence-corrected chi connectivity index (χ0v) is 16.5. The molecule has 2 amide bonds. The summed E-state index contributed by atoms with van der Waals surface area (Å²) in [5.74, 6) is -1.25. The van der Waals surface area contributed by atoms with Gasteiger partial charge in [-0.25, -0.2) is 4.39 Å². The molecule has 1 heterocycles. The molecule has 0 aliphatic carbocycles. The Bertz CT molecular complexity index is 1100. The maximum atomic E-state index is 13.2. The third-order valence-corrected chi connectivity index (χ3v) is 5.08. The minimum atomic E-state index is -0.858. The zero-order chi connectivity index (χ0) is 21.1. The summed E-state index contributed by atoms with van der Waals surface area (Å²) in [5, 5.41) is 3.35. The van der Waals surface area contributed by atoms with Crippen LogP contribution in [0.15, 0.2) is 78.9 Å². The molecule has 0 spiro atoms. The van der Waals surface area contributed by atoms with Crippen molar-refractivity contribution in [3.8, 4) is 0 Å². The van der Waals surface area contributed by atoms with Crippen molar-refractivity contribution in [2.75, 3.05) is 0 Å². The van der Waals surface area contributed by atoms with Gasteiger partial charge in [0.25, 0.3) is 5.91 Å². The van der Waals surface area contributed by atoms with E-state index in [4.69, 9.17) is 11.6 Å².